The summed E-state index contributed by atoms with van der Waals surface area (Å²) in [5.41, 5.74) is -2.73. The molecule has 2 heterocycles. The second-order valence-corrected chi connectivity index (χ2v) is 13.2. The van der Waals surface area contributed by atoms with Gasteiger partial charge in [-0.15, -0.1) is 5.06 Å². The highest BCUT2D eigenvalue weighted by Crippen LogP contribution is 2.38. The van der Waals surface area contributed by atoms with Crippen molar-refractivity contribution in [3.8, 4) is 0 Å². The summed E-state index contributed by atoms with van der Waals surface area (Å²) in [7, 11) is 0. The zero-order valence-electron chi connectivity index (χ0n) is 27.7. The zero-order chi connectivity index (χ0) is 36.8. The van der Waals surface area contributed by atoms with Crippen LogP contribution in [0.2, 0.25) is 0 Å². The number of urea groups is 1. The highest BCUT2D eigenvalue weighted by atomic mass is 19.4. The van der Waals surface area contributed by atoms with Crippen molar-refractivity contribution in [2.45, 2.75) is 58.5 Å². The van der Waals surface area contributed by atoms with Gasteiger partial charge in [-0.2, -0.15) is 13.2 Å². The normalized spacial score (nSPS) is 17.0. The Hall–Kier alpha value is -5.25. The van der Waals surface area contributed by atoms with Crippen LogP contribution in [0, 0.1) is 11.6 Å². The third kappa shape index (κ3) is 7.64. The van der Waals surface area contributed by atoms with Crippen LogP contribution in [-0.4, -0.2) is 64.7 Å². The van der Waals surface area contributed by atoms with Gasteiger partial charge in [0.05, 0.1) is 24.3 Å². The molecule has 0 saturated carbocycles. The molecule has 3 aromatic rings. The lowest BCUT2D eigenvalue weighted by molar-refractivity contribution is -0.158. The number of hydrogen-bond acceptors (Lipinski definition) is 8. The minimum atomic E-state index is -5.06. The molecule has 0 aliphatic carbocycles. The molecule has 4 amide bonds. The van der Waals surface area contributed by atoms with Crippen LogP contribution in [-0.2, 0) is 31.9 Å². The SMILES string of the molecule is CC(C)(C)OC(=O)ON1CCN(c2ccc(Nc3cc(F)ccc3CN3C(=O)N(c4ccc(F)c(C(F)(F)F)c4)C(=O)C3(C)C)cc2)C(=O)C1. The van der Waals surface area contributed by atoms with Gasteiger partial charge in [0.25, 0.3) is 5.91 Å². The van der Waals surface area contributed by atoms with Crippen molar-refractivity contribution in [1.82, 2.24) is 9.96 Å². The summed E-state index contributed by atoms with van der Waals surface area (Å²) in [5, 5.41) is 4.29. The van der Waals surface area contributed by atoms with E-state index in [0.29, 0.717) is 34.0 Å². The van der Waals surface area contributed by atoms with Gasteiger partial charge < -0.3 is 24.7 Å². The van der Waals surface area contributed by atoms with Gasteiger partial charge in [-0.1, -0.05) is 6.07 Å². The number of carbonyl (C=O) groups excluding carboxylic acids is 4. The van der Waals surface area contributed by atoms with Crippen LogP contribution in [0.1, 0.15) is 45.7 Å². The first-order valence-corrected chi connectivity index (χ1v) is 15.4. The molecule has 0 spiro atoms. The molecule has 0 atom stereocenters. The van der Waals surface area contributed by atoms with Crippen LogP contribution in [0.25, 0.3) is 0 Å². The number of nitrogens with one attached hydrogen (secondary N) is 1. The Morgan fingerprint density at radius 3 is 2.18 bits per heavy atom. The van der Waals surface area contributed by atoms with Gasteiger partial charge in [0.2, 0.25) is 5.91 Å². The fraction of sp³-hybridized carbons (Fsp3) is 0.353. The van der Waals surface area contributed by atoms with Crippen molar-refractivity contribution >= 4 is 46.8 Å². The van der Waals surface area contributed by atoms with E-state index < -0.39 is 58.3 Å². The van der Waals surface area contributed by atoms with E-state index >= 15 is 0 Å². The number of alkyl halides is 3. The molecule has 0 bridgehead atoms. The van der Waals surface area contributed by atoms with Gasteiger partial charge in [0.15, 0.2) is 0 Å². The molecule has 5 rings (SSSR count). The first-order valence-electron chi connectivity index (χ1n) is 15.4. The molecule has 266 valence electrons. The number of imide groups is 1. The third-order valence-electron chi connectivity index (χ3n) is 7.97. The Labute approximate surface area is 284 Å². The first kappa shape index (κ1) is 36.0. The molecular formula is C34H34F5N5O6. The van der Waals surface area contributed by atoms with Crippen molar-refractivity contribution in [1.29, 1.82) is 0 Å². The minimum Gasteiger partial charge on any atom is -0.427 e. The molecule has 2 aliphatic heterocycles. The van der Waals surface area contributed by atoms with Crippen molar-refractivity contribution in [2.75, 3.05) is 34.8 Å². The number of hydrogen-bond donors (Lipinski definition) is 1. The van der Waals surface area contributed by atoms with E-state index in [1.54, 1.807) is 45.0 Å². The number of anilines is 4. The molecule has 2 aliphatic rings. The molecule has 0 radical (unpaired) electrons. The third-order valence-corrected chi connectivity index (χ3v) is 7.97. The maximum atomic E-state index is 14.5. The van der Waals surface area contributed by atoms with Crippen LogP contribution < -0.4 is 15.1 Å². The molecule has 16 heteroatoms. The number of amides is 4. The second-order valence-electron chi connectivity index (χ2n) is 13.2. The molecule has 3 aromatic carbocycles. The van der Waals surface area contributed by atoms with Crippen molar-refractivity contribution in [3.63, 3.8) is 0 Å². The maximum absolute atomic E-state index is 14.5. The molecular weight excluding hydrogens is 669 g/mol. The molecule has 1 N–H and O–H groups in total. The van der Waals surface area contributed by atoms with Crippen molar-refractivity contribution < 1.29 is 50.7 Å². The number of piperazine rings is 1. The van der Waals surface area contributed by atoms with E-state index in [4.69, 9.17) is 9.57 Å². The van der Waals surface area contributed by atoms with Crippen LogP contribution in [0.3, 0.4) is 0 Å². The fourth-order valence-corrected chi connectivity index (χ4v) is 5.43. The Morgan fingerprint density at radius 1 is 0.900 bits per heavy atom. The molecule has 50 heavy (non-hydrogen) atoms. The molecule has 11 nitrogen and oxygen atoms in total. The number of rotatable bonds is 7. The van der Waals surface area contributed by atoms with E-state index in [9.17, 15) is 41.1 Å². The Balaban J connectivity index is 1.30. The zero-order valence-corrected chi connectivity index (χ0v) is 27.7. The second kappa shape index (κ2) is 13.2. The standard InChI is InChI=1S/C34H34F5N5O6/c1-32(2,3)49-31(48)50-41-14-15-42(28(45)19-41)23-10-8-22(9-11-23)40-27-16-21(35)7-6-20(27)18-43-30(47)44(29(46)33(43,4)5)24-12-13-26(36)25(17-24)34(37,38)39/h6-13,16-17,40H,14-15,18-19H2,1-5H3. The maximum Gasteiger partial charge on any atom is 0.528 e. The summed E-state index contributed by atoms with van der Waals surface area (Å²) in [5.74, 6) is -3.32. The molecule has 2 fully saturated rings. The number of halogens is 5. The highest BCUT2D eigenvalue weighted by Gasteiger charge is 2.52. The minimum absolute atomic E-state index is 0.192. The fourth-order valence-electron chi connectivity index (χ4n) is 5.43. The average Bonchev–Trinajstić information content (AvgIpc) is 3.16. The largest absolute Gasteiger partial charge is 0.528 e. The van der Waals surface area contributed by atoms with Gasteiger partial charge in [0, 0.05) is 23.6 Å². The van der Waals surface area contributed by atoms with E-state index in [0.717, 1.165) is 17.0 Å². The number of benzene rings is 3. The number of nitrogens with zero attached hydrogens (tertiary/aromatic N) is 4. The van der Waals surface area contributed by atoms with Crippen molar-refractivity contribution in [2.24, 2.45) is 0 Å². The predicted molar refractivity (Wildman–Crippen MR) is 171 cm³/mol. The first-order chi connectivity index (χ1) is 23.2. The van der Waals surface area contributed by atoms with E-state index in [-0.39, 0.29) is 37.8 Å². The van der Waals surface area contributed by atoms with Crippen LogP contribution in [0.4, 0.5) is 54.3 Å². The van der Waals surface area contributed by atoms with Gasteiger partial charge in [-0.05, 0) is 94.8 Å². The lowest BCUT2D eigenvalue weighted by Gasteiger charge is -2.33. The Morgan fingerprint density at radius 2 is 1.56 bits per heavy atom. The average molecular weight is 704 g/mol. The van der Waals surface area contributed by atoms with E-state index in [1.165, 1.54) is 35.9 Å². The molecule has 2 saturated heterocycles. The lowest BCUT2D eigenvalue weighted by atomic mass is 10.0. The quantitative estimate of drug-likeness (QED) is 0.159. The van der Waals surface area contributed by atoms with Crippen molar-refractivity contribution in [3.05, 3.63) is 83.4 Å². The number of carbonyl (C=O) groups is 4. The summed E-state index contributed by atoms with van der Waals surface area (Å²) in [4.78, 5) is 60.1. The van der Waals surface area contributed by atoms with Gasteiger partial charge in [0.1, 0.15) is 29.3 Å². The summed E-state index contributed by atoms with van der Waals surface area (Å²) in [6.45, 7) is 7.91. The summed E-state index contributed by atoms with van der Waals surface area (Å²) in [6.07, 6.45) is -5.98. The van der Waals surface area contributed by atoms with Gasteiger partial charge in [-0.25, -0.2) is 23.3 Å². The topological polar surface area (TPSA) is 112 Å². The van der Waals surface area contributed by atoms with Gasteiger partial charge in [-0.3, -0.25) is 9.59 Å². The smallest absolute Gasteiger partial charge is 0.427 e. The monoisotopic (exact) mass is 703 g/mol. The van der Waals surface area contributed by atoms with E-state index in [2.05, 4.69) is 5.32 Å². The highest BCUT2D eigenvalue weighted by molar-refractivity contribution is 6.23. The molecule has 0 unspecified atom stereocenters. The Bertz CT molecular complexity index is 1830. The molecule has 0 aromatic heterocycles. The van der Waals surface area contributed by atoms with Crippen LogP contribution >= 0.6 is 0 Å². The summed E-state index contributed by atoms with van der Waals surface area (Å²) in [6, 6.07) is 11.3. The number of hydroxylamine groups is 2. The van der Waals surface area contributed by atoms with Crippen LogP contribution in [0.5, 0.6) is 0 Å². The summed E-state index contributed by atoms with van der Waals surface area (Å²) >= 11 is 0. The van der Waals surface area contributed by atoms with Crippen LogP contribution in [0.15, 0.2) is 60.7 Å². The summed E-state index contributed by atoms with van der Waals surface area (Å²) < 4.78 is 73.7. The van der Waals surface area contributed by atoms with Gasteiger partial charge >= 0.3 is 18.4 Å². The predicted octanol–water partition coefficient (Wildman–Crippen LogP) is 6.99. The Kier molecular flexibility index (Phi) is 9.53. The number of ether oxygens (including phenoxy) is 1. The van der Waals surface area contributed by atoms with E-state index in [1.807, 2.05) is 0 Å². The lowest BCUT2D eigenvalue weighted by Crippen LogP contribution is -2.51.